The third-order valence-corrected chi connectivity index (χ3v) is 4.50. The summed E-state index contributed by atoms with van der Waals surface area (Å²) in [7, 11) is 0. The van der Waals surface area contributed by atoms with E-state index in [0.717, 1.165) is 21.7 Å². The van der Waals surface area contributed by atoms with Gasteiger partial charge < -0.3 is 5.32 Å². The first kappa shape index (κ1) is 15.2. The molecular weight excluding hydrogens is 416 g/mol. The zero-order valence-electron chi connectivity index (χ0n) is 9.47. The number of alkyl halides is 1. The molecule has 17 heavy (non-hydrogen) atoms. The van der Waals surface area contributed by atoms with E-state index in [-0.39, 0.29) is 11.9 Å². The van der Waals surface area contributed by atoms with Crippen LogP contribution in [0, 0.1) is 3.57 Å². The molecule has 0 heterocycles. The van der Waals surface area contributed by atoms with E-state index in [0.29, 0.717) is 10.6 Å². The minimum absolute atomic E-state index is 0.0592. The molecule has 0 aliphatic rings. The molecule has 1 amide bonds. The molecule has 5 heteroatoms. The predicted molar refractivity (Wildman–Crippen MR) is 84.1 cm³/mol. The van der Waals surface area contributed by atoms with Crippen LogP contribution in [0.15, 0.2) is 18.2 Å². The van der Waals surface area contributed by atoms with Crippen LogP contribution in [0.2, 0.25) is 5.02 Å². The zero-order chi connectivity index (χ0) is 12.8. The number of halogens is 3. The van der Waals surface area contributed by atoms with Crippen LogP contribution in [0.1, 0.15) is 30.1 Å². The van der Waals surface area contributed by atoms with Crippen LogP contribution in [0.3, 0.4) is 0 Å². The van der Waals surface area contributed by atoms with Crippen molar-refractivity contribution >= 4 is 56.0 Å². The summed E-state index contributed by atoms with van der Waals surface area (Å²) in [6, 6.07) is 5.56. The van der Waals surface area contributed by atoms with Gasteiger partial charge in [-0.15, -0.1) is 0 Å². The molecule has 0 aromatic heterocycles. The monoisotopic (exact) mass is 429 g/mol. The lowest BCUT2D eigenvalue weighted by Gasteiger charge is -2.15. The van der Waals surface area contributed by atoms with Crippen molar-refractivity contribution in [1.82, 2.24) is 5.32 Å². The average molecular weight is 431 g/mol. The van der Waals surface area contributed by atoms with Gasteiger partial charge in [-0.2, -0.15) is 0 Å². The molecule has 1 aromatic rings. The van der Waals surface area contributed by atoms with Gasteiger partial charge in [0.15, 0.2) is 0 Å². The van der Waals surface area contributed by atoms with Crippen LogP contribution < -0.4 is 5.32 Å². The Kier molecular flexibility index (Phi) is 6.80. The van der Waals surface area contributed by atoms with Crippen molar-refractivity contribution in [3.8, 4) is 0 Å². The van der Waals surface area contributed by atoms with Crippen molar-refractivity contribution in [1.29, 1.82) is 0 Å². The molecule has 0 radical (unpaired) electrons. The van der Waals surface area contributed by atoms with E-state index in [1.165, 1.54) is 0 Å². The van der Waals surface area contributed by atoms with Gasteiger partial charge in [-0.1, -0.05) is 34.5 Å². The van der Waals surface area contributed by atoms with Crippen LogP contribution >= 0.6 is 50.1 Å². The minimum Gasteiger partial charge on any atom is -0.349 e. The molecule has 0 aliphatic heterocycles. The van der Waals surface area contributed by atoms with Crippen molar-refractivity contribution < 1.29 is 4.79 Å². The van der Waals surface area contributed by atoms with Crippen LogP contribution in [0.4, 0.5) is 0 Å². The molecule has 1 rings (SSSR count). The van der Waals surface area contributed by atoms with E-state index >= 15 is 0 Å². The second-order valence-corrected chi connectivity index (χ2v) is 6.05. The Morgan fingerprint density at radius 3 is 2.82 bits per heavy atom. The summed E-state index contributed by atoms with van der Waals surface area (Å²) in [5, 5.41) is 4.51. The second kappa shape index (κ2) is 7.59. The number of rotatable bonds is 5. The van der Waals surface area contributed by atoms with E-state index in [1.54, 1.807) is 12.1 Å². The fourth-order valence-corrected chi connectivity index (χ4v) is 2.48. The molecule has 1 N–H and O–H groups in total. The zero-order valence-corrected chi connectivity index (χ0v) is 14.0. The van der Waals surface area contributed by atoms with Crippen LogP contribution in [0.25, 0.3) is 0 Å². The normalized spacial score (nSPS) is 12.2. The maximum atomic E-state index is 12.0. The molecule has 0 saturated heterocycles. The number of benzene rings is 1. The van der Waals surface area contributed by atoms with Gasteiger partial charge in [0, 0.05) is 20.5 Å². The quantitative estimate of drug-likeness (QED) is 0.550. The summed E-state index contributed by atoms with van der Waals surface area (Å²) >= 11 is 11.5. The first-order valence-electron chi connectivity index (χ1n) is 5.40. The molecule has 0 bridgehead atoms. The number of amides is 1. The van der Waals surface area contributed by atoms with Crippen molar-refractivity contribution in [3.05, 3.63) is 32.4 Å². The summed E-state index contributed by atoms with van der Waals surface area (Å²) in [5.74, 6) is -0.0592. The highest BCUT2D eigenvalue weighted by atomic mass is 127. The lowest BCUT2D eigenvalue weighted by atomic mass is 10.1. The Bertz CT molecular complexity index is 400. The number of carbonyl (C=O) groups excluding carboxylic acids is 1. The minimum atomic E-state index is -0.0592. The topological polar surface area (TPSA) is 29.1 Å². The van der Waals surface area contributed by atoms with Gasteiger partial charge in [0.05, 0.1) is 5.02 Å². The van der Waals surface area contributed by atoms with Crippen molar-refractivity contribution in [2.75, 3.05) is 5.33 Å². The highest BCUT2D eigenvalue weighted by Gasteiger charge is 2.12. The van der Waals surface area contributed by atoms with Gasteiger partial charge >= 0.3 is 0 Å². The van der Waals surface area contributed by atoms with Crippen molar-refractivity contribution in [2.45, 2.75) is 25.8 Å². The van der Waals surface area contributed by atoms with Gasteiger partial charge in [0.25, 0.3) is 5.91 Å². The first-order chi connectivity index (χ1) is 8.08. The number of nitrogens with one attached hydrogen (secondary N) is 1. The molecule has 2 nitrogen and oxygen atoms in total. The summed E-state index contributed by atoms with van der Waals surface area (Å²) in [5.41, 5.74) is 0.614. The molecular formula is C12H14BrClINO. The first-order valence-corrected chi connectivity index (χ1v) is 7.98. The van der Waals surface area contributed by atoms with Gasteiger partial charge in [-0.3, -0.25) is 4.79 Å². The lowest BCUT2D eigenvalue weighted by molar-refractivity contribution is 0.0935. The smallest absolute Gasteiger partial charge is 0.251 e. The van der Waals surface area contributed by atoms with E-state index in [4.69, 9.17) is 11.6 Å². The SMILES string of the molecule is CCC(CCBr)NC(=O)c1ccc(I)c(Cl)c1. The number of carbonyl (C=O) groups is 1. The third-order valence-electron chi connectivity index (χ3n) is 2.47. The Hall–Kier alpha value is 0.190. The Morgan fingerprint density at radius 1 is 1.59 bits per heavy atom. The van der Waals surface area contributed by atoms with E-state index in [9.17, 15) is 4.79 Å². The lowest BCUT2D eigenvalue weighted by Crippen LogP contribution is -2.34. The van der Waals surface area contributed by atoms with Crippen LogP contribution in [-0.4, -0.2) is 17.3 Å². The highest BCUT2D eigenvalue weighted by Crippen LogP contribution is 2.19. The maximum Gasteiger partial charge on any atom is 0.251 e. The number of hydrogen-bond donors (Lipinski definition) is 1. The molecule has 94 valence electrons. The van der Waals surface area contributed by atoms with Gasteiger partial charge in [0.2, 0.25) is 0 Å². The van der Waals surface area contributed by atoms with E-state index < -0.39 is 0 Å². The predicted octanol–water partition coefficient (Wildman–Crippen LogP) is 4.24. The molecule has 0 aliphatic carbocycles. The summed E-state index contributed by atoms with van der Waals surface area (Å²) in [6.45, 7) is 2.06. The van der Waals surface area contributed by atoms with Crippen molar-refractivity contribution in [3.63, 3.8) is 0 Å². The molecule has 0 saturated carbocycles. The molecule has 1 unspecified atom stereocenters. The largest absolute Gasteiger partial charge is 0.349 e. The molecule has 0 fully saturated rings. The Balaban J connectivity index is 2.72. The fraction of sp³-hybridized carbons (Fsp3) is 0.417. The highest BCUT2D eigenvalue weighted by molar-refractivity contribution is 14.1. The number of hydrogen-bond acceptors (Lipinski definition) is 1. The van der Waals surface area contributed by atoms with Crippen LogP contribution in [0.5, 0.6) is 0 Å². The molecule has 1 atom stereocenters. The molecule has 1 aromatic carbocycles. The standard InChI is InChI=1S/C12H14BrClINO/c1-2-9(5-6-13)16-12(17)8-3-4-11(15)10(14)7-8/h3-4,7,9H,2,5-6H2,1H3,(H,16,17). The van der Waals surface area contributed by atoms with Gasteiger partial charge in [0.1, 0.15) is 0 Å². The average Bonchev–Trinajstić information content (AvgIpc) is 2.31. The maximum absolute atomic E-state index is 12.0. The fourth-order valence-electron chi connectivity index (χ4n) is 1.42. The summed E-state index contributed by atoms with van der Waals surface area (Å²) < 4.78 is 0.952. The van der Waals surface area contributed by atoms with Crippen LogP contribution in [-0.2, 0) is 0 Å². The van der Waals surface area contributed by atoms with Gasteiger partial charge in [-0.05, 0) is 53.6 Å². The molecule has 0 spiro atoms. The third kappa shape index (κ3) is 4.75. The van der Waals surface area contributed by atoms with Crippen molar-refractivity contribution in [2.24, 2.45) is 0 Å². The van der Waals surface area contributed by atoms with Gasteiger partial charge in [-0.25, -0.2) is 0 Å². The Morgan fingerprint density at radius 2 is 2.29 bits per heavy atom. The van der Waals surface area contributed by atoms with E-state index in [2.05, 4.69) is 50.8 Å². The summed E-state index contributed by atoms with van der Waals surface area (Å²) in [6.07, 6.45) is 1.86. The van der Waals surface area contributed by atoms with E-state index in [1.807, 2.05) is 6.07 Å². The second-order valence-electron chi connectivity index (χ2n) is 3.69. The Labute approximate surface area is 129 Å². The summed E-state index contributed by atoms with van der Waals surface area (Å²) in [4.78, 5) is 12.0.